The fourth-order valence-corrected chi connectivity index (χ4v) is 2.38. The molecule has 122 valence electrons. The van der Waals surface area contributed by atoms with Gasteiger partial charge in [-0.1, -0.05) is 27.5 Å². The lowest BCUT2D eigenvalue weighted by Gasteiger charge is -2.09. The topological polar surface area (TPSA) is 38.3 Å². The number of carbonyl (C=O) groups excluding carboxylic acids is 1. The molecule has 0 radical (unpaired) electrons. The van der Waals surface area contributed by atoms with E-state index >= 15 is 0 Å². The Morgan fingerprint density at radius 2 is 2.09 bits per heavy atom. The summed E-state index contributed by atoms with van der Waals surface area (Å²) in [6, 6.07) is 9.90. The molecule has 0 aliphatic carbocycles. The van der Waals surface area contributed by atoms with Gasteiger partial charge >= 0.3 is 0 Å². The Balaban J connectivity index is 1.75. The Kier molecular flexibility index (Phi) is 6.42. The fourth-order valence-electron chi connectivity index (χ4n) is 1.93. The number of ether oxygens (including phenoxy) is 1. The summed E-state index contributed by atoms with van der Waals surface area (Å²) < 4.78 is 19.8. The van der Waals surface area contributed by atoms with Crippen LogP contribution in [-0.4, -0.2) is 12.5 Å². The van der Waals surface area contributed by atoms with Gasteiger partial charge in [0.2, 0.25) is 5.91 Å². The SMILES string of the molecule is Cc1cc(OCCCC(=O)Nc2ccc(Br)cc2F)ccc1Cl. The van der Waals surface area contributed by atoms with Crippen LogP contribution in [0.3, 0.4) is 0 Å². The lowest BCUT2D eigenvalue weighted by atomic mass is 10.2. The highest BCUT2D eigenvalue weighted by Crippen LogP contribution is 2.21. The third kappa shape index (κ3) is 5.52. The first-order valence-electron chi connectivity index (χ1n) is 7.09. The lowest BCUT2D eigenvalue weighted by molar-refractivity contribution is -0.116. The standard InChI is InChI=1S/C17H16BrClFNO2/c1-11-9-13(5-6-14(11)19)23-8-2-3-17(22)21-16-7-4-12(18)10-15(16)20/h4-7,9-10H,2-3,8H2,1H3,(H,21,22). The van der Waals surface area contributed by atoms with Crippen molar-refractivity contribution in [2.75, 3.05) is 11.9 Å². The van der Waals surface area contributed by atoms with Gasteiger partial charge in [-0.3, -0.25) is 4.79 Å². The molecule has 23 heavy (non-hydrogen) atoms. The monoisotopic (exact) mass is 399 g/mol. The quantitative estimate of drug-likeness (QED) is 0.664. The van der Waals surface area contributed by atoms with E-state index < -0.39 is 5.82 Å². The van der Waals surface area contributed by atoms with Crippen LogP contribution in [-0.2, 0) is 4.79 Å². The molecule has 1 amide bonds. The van der Waals surface area contributed by atoms with Gasteiger partial charge in [0, 0.05) is 15.9 Å². The molecule has 0 aliphatic rings. The van der Waals surface area contributed by atoms with Crippen LogP contribution in [0.15, 0.2) is 40.9 Å². The number of benzene rings is 2. The number of hydrogen-bond acceptors (Lipinski definition) is 2. The molecule has 1 N–H and O–H groups in total. The number of halogens is 3. The molecular weight excluding hydrogens is 385 g/mol. The highest BCUT2D eigenvalue weighted by molar-refractivity contribution is 9.10. The molecule has 0 spiro atoms. The van der Waals surface area contributed by atoms with Gasteiger partial charge in [0.05, 0.1) is 12.3 Å². The van der Waals surface area contributed by atoms with Gasteiger partial charge < -0.3 is 10.1 Å². The molecule has 0 fully saturated rings. The maximum atomic E-state index is 13.6. The molecule has 2 aromatic carbocycles. The summed E-state index contributed by atoms with van der Waals surface area (Å²) in [5.74, 6) is -0.00557. The number of amides is 1. The summed E-state index contributed by atoms with van der Waals surface area (Å²) >= 11 is 9.11. The van der Waals surface area contributed by atoms with E-state index in [4.69, 9.17) is 16.3 Å². The van der Waals surface area contributed by atoms with Crippen molar-refractivity contribution in [1.29, 1.82) is 0 Å². The second kappa shape index (κ2) is 8.31. The normalized spacial score (nSPS) is 10.4. The van der Waals surface area contributed by atoms with E-state index in [9.17, 15) is 9.18 Å². The number of anilines is 1. The second-order valence-electron chi connectivity index (χ2n) is 5.04. The van der Waals surface area contributed by atoms with Gasteiger partial charge in [-0.2, -0.15) is 0 Å². The minimum absolute atomic E-state index is 0.174. The zero-order valence-electron chi connectivity index (χ0n) is 12.5. The first-order chi connectivity index (χ1) is 11.0. The number of hydrogen-bond donors (Lipinski definition) is 1. The number of nitrogens with one attached hydrogen (secondary N) is 1. The lowest BCUT2D eigenvalue weighted by Crippen LogP contribution is -2.13. The van der Waals surface area contributed by atoms with Gasteiger partial charge in [0.1, 0.15) is 11.6 Å². The highest BCUT2D eigenvalue weighted by Gasteiger charge is 2.07. The van der Waals surface area contributed by atoms with E-state index in [1.165, 1.54) is 12.1 Å². The molecule has 0 saturated heterocycles. The third-order valence-electron chi connectivity index (χ3n) is 3.15. The Bertz CT molecular complexity index is 709. The van der Waals surface area contributed by atoms with Crippen molar-refractivity contribution in [3.63, 3.8) is 0 Å². The van der Waals surface area contributed by atoms with Crippen molar-refractivity contribution in [2.24, 2.45) is 0 Å². The molecule has 0 bridgehead atoms. The molecule has 0 atom stereocenters. The Labute approximate surface area is 147 Å². The Morgan fingerprint density at radius 1 is 1.30 bits per heavy atom. The van der Waals surface area contributed by atoms with Gasteiger partial charge in [-0.25, -0.2) is 4.39 Å². The van der Waals surface area contributed by atoms with Crippen LogP contribution in [0, 0.1) is 12.7 Å². The molecule has 0 heterocycles. The second-order valence-corrected chi connectivity index (χ2v) is 6.36. The van der Waals surface area contributed by atoms with Crippen LogP contribution in [0.5, 0.6) is 5.75 Å². The first kappa shape index (κ1) is 17.8. The summed E-state index contributed by atoms with van der Waals surface area (Å²) in [6.45, 7) is 2.30. The van der Waals surface area contributed by atoms with E-state index in [0.29, 0.717) is 28.3 Å². The van der Waals surface area contributed by atoms with Crippen molar-refractivity contribution >= 4 is 39.1 Å². The average Bonchev–Trinajstić information content (AvgIpc) is 2.50. The molecule has 0 unspecified atom stereocenters. The van der Waals surface area contributed by atoms with E-state index in [2.05, 4.69) is 21.2 Å². The zero-order valence-corrected chi connectivity index (χ0v) is 14.9. The number of carbonyl (C=O) groups is 1. The maximum absolute atomic E-state index is 13.6. The van der Waals surface area contributed by atoms with Crippen LogP contribution in [0.2, 0.25) is 5.02 Å². The van der Waals surface area contributed by atoms with E-state index in [1.807, 2.05) is 13.0 Å². The van der Waals surface area contributed by atoms with Gasteiger partial charge in [0.15, 0.2) is 0 Å². The van der Waals surface area contributed by atoms with Crippen LogP contribution >= 0.6 is 27.5 Å². The van der Waals surface area contributed by atoms with E-state index in [0.717, 1.165) is 5.56 Å². The molecule has 3 nitrogen and oxygen atoms in total. The molecule has 2 rings (SSSR count). The smallest absolute Gasteiger partial charge is 0.224 e. The first-order valence-corrected chi connectivity index (χ1v) is 8.26. The van der Waals surface area contributed by atoms with Gasteiger partial charge in [-0.15, -0.1) is 0 Å². The molecular formula is C17H16BrClFNO2. The van der Waals surface area contributed by atoms with Crippen LogP contribution in [0.25, 0.3) is 0 Å². The fraction of sp³-hybridized carbons (Fsp3) is 0.235. The number of rotatable bonds is 6. The van der Waals surface area contributed by atoms with Crippen molar-refractivity contribution in [1.82, 2.24) is 0 Å². The Hall–Kier alpha value is -1.59. The molecule has 0 aromatic heterocycles. The minimum atomic E-state index is -0.472. The molecule has 2 aromatic rings. The zero-order chi connectivity index (χ0) is 16.8. The van der Waals surface area contributed by atoms with Crippen molar-refractivity contribution < 1.29 is 13.9 Å². The molecule has 0 aliphatic heterocycles. The number of aryl methyl sites for hydroxylation is 1. The summed E-state index contributed by atoms with van der Waals surface area (Å²) in [7, 11) is 0. The summed E-state index contributed by atoms with van der Waals surface area (Å²) in [5, 5.41) is 3.23. The van der Waals surface area contributed by atoms with E-state index in [-0.39, 0.29) is 18.0 Å². The average molecular weight is 401 g/mol. The molecule has 6 heteroatoms. The van der Waals surface area contributed by atoms with Crippen LogP contribution < -0.4 is 10.1 Å². The van der Waals surface area contributed by atoms with Gasteiger partial charge in [-0.05, 0) is 55.3 Å². The highest BCUT2D eigenvalue weighted by atomic mass is 79.9. The van der Waals surface area contributed by atoms with Crippen LogP contribution in [0.1, 0.15) is 18.4 Å². The summed E-state index contributed by atoms with van der Waals surface area (Å²) in [4.78, 5) is 11.8. The van der Waals surface area contributed by atoms with Crippen LogP contribution in [0.4, 0.5) is 10.1 Å². The largest absolute Gasteiger partial charge is 0.494 e. The predicted octanol–water partition coefficient (Wildman–Crippen LogP) is 5.35. The van der Waals surface area contributed by atoms with Crippen molar-refractivity contribution in [3.8, 4) is 5.75 Å². The molecule has 0 saturated carbocycles. The Morgan fingerprint density at radius 3 is 2.78 bits per heavy atom. The van der Waals surface area contributed by atoms with E-state index in [1.54, 1.807) is 18.2 Å². The predicted molar refractivity (Wildman–Crippen MR) is 93.6 cm³/mol. The summed E-state index contributed by atoms with van der Waals surface area (Å²) in [5.41, 5.74) is 1.11. The van der Waals surface area contributed by atoms with Gasteiger partial charge in [0.25, 0.3) is 0 Å². The maximum Gasteiger partial charge on any atom is 0.224 e. The van der Waals surface area contributed by atoms with Crippen molar-refractivity contribution in [2.45, 2.75) is 19.8 Å². The van der Waals surface area contributed by atoms with Crippen molar-refractivity contribution in [3.05, 3.63) is 57.3 Å². The third-order valence-corrected chi connectivity index (χ3v) is 4.07. The summed E-state index contributed by atoms with van der Waals surface area (Å²) in [6.07, 6.45) is 0.785. The minimum Gasteiger partial charge on any atom is -0.494 e.